The molecule has 1 N–H and O–H groups in total. The quantitative estimate of drug-likeness (QED) is 0.906. The van der Waals surface area contributed by atoms with E-state index in [9.17, 15) is 9.59 Å². The number of carboxylic acids is 1. The fourth-order valence-electron chi connectivity index (χ4n) is 2.36. The van der Waals surface area contributed by atoms with Crippen LogP contribution in [0, 0.1) is 6.92 Å². The van der Waals surface area contributed by atoms with Crippen molar-refractivity contribution in [3.8, 4) is 0 Å². The van der Waals surface area contributed by atoms with Crippen molar-refractivity contribution in [3.63, 3.8) is 0 Å². The van der Waals surface area contributed by atoms with Gasteiger partial charge in [0.25, 0.3) is 5.91 Å². The fraction of sp³-hybridized carbons (Fsp3) is 0.200. The standard InChI is InChI=1S/C15H13N3O3/c1-9-7-17-12(8-16-9)14(19)18-5-4-10-2-3-11(15(20)21)6-13(10)18/h2-3,6-8H,4-5H2,1H3,(H,20,21). The van der Waals surface area contributed by atoms with Crippen LogP contribution in [0.5, 0.6) is 0 Å². The lowest BCUT2D eigenvalue weighted by Crippen LogP contribution is -2.29. The van der Waals surface area contributed by atoms with Gasteiger partial charge in [-0.05, 0) is 31.0 Å². The lowest BCUT2D eigenvalue weighted by Gasteiger charge is -2.17. The van der Waals surface area contributed by atoms with Gasteiger partial charge in [0.15, 0.2) is 0 Å². The predicted molar refractivity (Wildman–Crippen MR) is 75.6 cm³/mol. The maximum Gasteiger partial charge on any atom is 0.335 e. The lowest BCUT2D eigenvalue weighted by atomic mass is 10.1. The second-order valence-corrected chi connectivity index (χ2v) is 4.90. The topological polar surface area (TPSA) is 83.4 Å². The van der Waals surface area contributed by atoms with E-state index >= 15 is 0 Å². The molecule has 1 aromatic carbocycles. The number of aromatic nitrogens is 2. The van der Waals surface area contributed by atoms with Crippen LogP contribution in [0.1, 0.15) is 32.1 Å². The molecule has 21 heavy (non-hydrogen) atoms. The minimum absolute atomic E-state index is 0.170. The Kier molecular flexibility index (Phi) is 3.13. The molecule has 0 spiro atoms. The molecule has 3 rings (SSSR count). The summed E-state index contributed by atoms with van der Waals surface area (Å²) in [5, 5.41) is 9.06. The summed E-state index contributed by atoms with van der Waals surface area (Å²) in [4.78, 5) is 33.2. The Morgan fingerprint density at radius 1 is 1.24 bits per heavy atom. The summed E-state index contributed by atoms with van der Waals surface area (Å²) >= 11 is 0. The third kappa shape index (κ3) is 2.35. The molecule has 1 aliphatic rings. The molecule has 2 heterocycles. The average Bonchev–Trinajstić information content (AvgIpc) is 2.90. The second-order valence-electron chi connectivity index (χ2n) is 4.90. The van der Waals surface area contributed by atoms with Crippen molar-refractivity contribution in [1.29, 1.82) is 0 Å². The summed E-state index contributed by atoms with van der Waals surface area (Å²) in [5.41, 5.74) is 2.77. The van der Waals surface area contributed by atoms with E-state index in [1.165, 1.54) is 18.5 Å². The first kappa shape index (κ1) is 13.2. The van der Waals surface area contributed by atoms with Crippen LogP contribution in [-0.2, 0) is 6.42 Å². The molecule has 106 valence electrons. The number of aromatic carboxylic acids is 1. The number of fused-ring (bicyclic) bond motifs is 1. The number of amides is 1. The largest absolute Gasteiger partial charge is 0.478 e. The number of carboxylic acid groups (broad SMARTS) is 1. The minimum Gasteiger partial charge on any atom is -0.478 e. The molecule has 1 aliphatic heterocycles. The Bertz CT molecular complexity index is 725. The summed E-state index contributed by atoms with van der Waals surface area (Å²) in [5.74, 6) is -1.27. The molecule has 6 nitrogen and oxygen atoms in total. The number of carbonyl (C=O) groups is 2. The van der Waals surface area contributed by atoms with E-state index in [4.69, 9.17) is 5.11 Å². The van der Waals surface area contributed by atoms with Crippen molar-refractivity contribution < 1.29 is 14.7 Å². The first-order valence-electron chi connectivity index (χ1n) is 6.53. The fourth-order valence-corrected chi connectivity index (χ4v) is 2.36. The number of hydrogen-bond donors (Lipinski definition) is 1. The molecule has 0 atom stereocenters. The zero-order valence-corrected chi connectivity index (χ0v) is 11.4. The van der Waals surface area contributed by atoms with E-state index in [2.05, 4.69) is 9.97 Å². The Morgan fingerprint density at radius 3 is 2.71 bits per heavy atom. The molecule has 6 heteroatoms. The normalized spacial score (nSPS) is 13.1. The van der Waals surface area contributed by atoms with E-state index < -0.39 is 5.97 Å². The van der Waals surface area contributed by atoms with Crippen molar-refractivity contribution in [2.45, 2.75) is 13.3 Å². The number of aryl methyl sites for hydroxylation is 1. The number of rotatable bonds is 2. The van der Waals surface area contributed by atoms with Gasteiger partial charge in [-0.15, -0.1) is 0 Å². The highest BCUT2D eigenvalue weighted by Gasteiger charge is 2.27. The van der Waals surface area contributed by atoms with Crippen molar-refractivity contribution >= 4 is 17.6 Å². The van der Waals surface area contributed by atoms with Crippen LogP contribution in [0.15, 0.2) is 30.6 Å². The van der Waals surface area contributed by atoms with Gasteiger partial charge in [0.1, 0.15) is 5.69 Å². The summed E-state index contributed by atoms with van der Waals surface area (Å²) in [7, 11) is 0. The third-order valence-corrected chi connectivity index (χ3v) is 3.47. The number of anilines is 1. The Morgan fingerprint density at radius 2 is 2.05 bits per heavy atom. The molecule has 1 amide bonds. The zero-order chi connectivity index (χ0) is 15.0. The van der Waals surface area contributed by atoms with Crippen LogP contribution in [0.4, 0.5) is 5.69 Å². The van der Waals surface area contributed by atoms with Crippen molar-refractivity contribution in [2.75, 3.05) is 11.4 Å². The molecule has 1 aromatic heterocycles. The molecule has 0 bridgehead atoms. The summed E-state index contributed by atoms with van der Waals surface area (Å²) in [6, 6.07) is 4.85. The molecular weight excluding hydrogens is 270 g/mol. The lowest BCUT2D eigenvalue weighted by molar-refractivity contribution is 0.0696. The van der Waals surface area contributed by atoms with Crippen LogP contribution < -0.4 is 4.90 Å². The molecule has 2 aromatic rings. The Labute approximate surface area is 121 Å². The minimum atomic E-state index is -1.01. The van der Waals surface area contributed by atoms with E-state index in [0.29, 0.717) is 18.7 Å². The number of nitrogens with zero attached hydrogens (tertiary/aromatic N) is 3. The maximum atomic E-state index is 12.5. The van der Waals surface area contributed by atoms with Crippen molar-refractivity contribution in [2.24, 2.45) is 0 Å². The molecule has 0 saturated carbocycles. The van der Waals surface area contributed by atoms with Crippen LogP contribution in [0.2, 0.25) is 0 Å². The third-order valence-electron chi connectivity index (χ3n) is 3.47. The van der Waals surface area contributed by atoms with Gasteiger partial charge in [-0.2, -0.15) is 0 Å². The van der Waals surface area contributed by atoms with Gasteiger partial charge in [-0.25, -0.2) is 9.78 Å². The number of benzene rings is 1. The van der Waals surface area contributed by atoms with Gasteiger partial charge in [-0.1, -0.05) is 6.07 Å². The molecule has 0 radical (unpaired) electrons. The molecule has 0 saturated heterocycles. The highest BCUT2D eigenvalue weighted by atomic mass is 16.4. The predicted octanol–water partition coefficient (Wildman–Crippen LogP) is 1.69. The average molecular weight is 283 g/mol. The molecular formula is C15H13N3O3. The molecule has 0 fully saturated rings. The maximum absolute atomic E-state index is 12.5. The monoisotopic (exact) mass is 283 g/mol. The highest BCUT2D eigenvalue weighted by molar-refractivity contribution is 6.06. The SMILES string of the molecule is Cc1cnc(C(=O)N2CCc3ccc(C(=O)O)cc32)cn1. The van der Waals surface area contributed by atoms with E-state index in [0.717, 1.165) is 11.3 Å². The first-order valence-corrected chi connectivity index (χ1v) is 6.53. The van der Waals surface area contributed by atoms with Gasteiger partial charge in [0.2, 0.25) is 0 Å². The Balaban J connectivity index is 1.96. The highest BCUT2D eigenvalue weighted by Crippen LogP contribution is 2.30. The van der Waals surface area contributed by atoms with E-state index in [1.54, 1.807) is 24.0 Å². The Hall–Kier alpha value is -2.76. The first-order chi connectivity index (χ1) is 10.1. The van der Waals surface area contributed by atoms with Crippen molar-refractivity contribution in [3.05, 3.63) is 53.1 Å². The van der Waals surface area contributed by atoms with Gasteiger partial charge in [-0.3, -0.25) is 9.78 Å². The zero-order valence-electron chi connectivity index (χ0n) is 11.4. The van der Waals surface area contributed by atoms with Gasteiger partial charge < -0.3 is 10.0 Å². The number of carbonyl (C=O) groups excluding carboxylic acids is 1. The summed E-state index contributed by atoms with van der Waals surface area (Å²) in [6.07, 6.45) is 3.69. The summed E-state index contributed by atoms with van der Waals surface area (Å²) in [6.45, 7) is 2.32. The summed E-state index contributed by atoms with van der Waals surface area (Å²) < 4.78 is 0. The van der Waals surface area contributed by atoms with Crippen LogP contribution in [0.3, 0.4) is 0 Å². The smallest absolute Gasteiger partial charge is 0.335 e. The molecule has 0 aliphatic carbocycles. The van der Waals surface area contributed by atoms with Crippen LogP contribution >= 0.6 is 0 Å². The van der Waals surface area contributed by atoms with E-state index in [-0.39, 0.29) is 17.2 Å². The van der Waals surface area contributed by atoms with Gasteiger partial charge in [0.05, 0.1) is 17.5 Å². The van der Waals surface area contributed by atoms with Gasteiger partial charge in [0, 0.05) is 18.4 Å². The van der Waals surface area contributed by atoms with Crippen LogP contribution in [0.25, 0.3) is 0 Å². The van der Waals surface area contributed by atoms with Crippen molar-refractivity contribution in [1.82, 2.24) is 9.97 Å². The second kappa shape index (κ2) is 4.97. The number of hydrogen-bond acceptors (Lipinski definition) is 4. The molecule has 0 unspecified atom stereocenters. The van der Waals surface area contributed by atoms with Gasteiger partial charge >= 0.3 is 5.97 Å². The van der Waals surface area contributed by atoms with E-state index in [1.807, 2.05) is 0 Å². The van der Waals surface area contributed by atoms with Crippen LogP contribution in [-0.4, -0.2) is 33.5 Å².